The second-order valence-corrected chi connectivity index (χ2v) is 12.2. The zero-order valence-corrected chi connectivity index (χ0v) is 24.0. The van der Waals surface area contributed by atoms with Gasteiger partial charge in [0.05, 0.1) is 16.1 Å². The van der Waals surface area contributed by atoms with Crippen molar-refractivity contribution in [1.29, 1.82) is 0 Å². The number of carbonyl (C=O) groups is 3. The van der Waals surface area contributed by atoms with E-state index in [1.54, 1.807) is 26.2 Å². The van der Waals surface area contributed by atoms with E-state index in [4.69, 9.17) is 11.6 Å². The van der Waals surface area contributed by atoms with Gasteiger partial charge in [-0.15, -0.1) is 35.1 Å². The molecule has 1 saturated carbocycles. The summed E-state index contributed by atoms with van der Waals surface area (Å²) >= 11 is 8.42. The van der Waals surface area contributed by atoms with Gasteiger partial charge in [0.25, 0.3) is 11.8 Å². The van der Waals surface area contributed by atoms with Crippen LogP contribution < -0.4 is 10.6 Å². The monoisotopic (exact) mass is 589 g/mol. The molecule has 3 amide bonds. The van der Waals surface area contributed by atoms with Crippen molar-refractivity contribution >= 4 is 70.5 Å². The SMILES string of the molecule is CN1CCc2nc(C(=O)N[C@@H]3C[C@@H](C(=O)N(C)C)CC[C@@H]3NC(=O)/C(F)=C\c3ccc(Cl)s3)sc2C1.Cl. The number of rotatable bonds is 6. The highest BCUT2D eigenvalue weighted by Crippen LogP contribution is 2.29. The van der Waals surface area contributed by atoms with Gasteiger partial charge in [0.1, 0.15) is 0 Å². The number of hydrogen-bond donors (Lipinski definition) is 2. The van der Waals surface area contributed by atoms with Gasteiger partial charge in [-0.2, -0.15) is 0 Å². The van der Waals surface area contributed by atoms with Gasteiger partial charge in [-0.1, -0.05) is 11.6 Å². The number of thiazole rings is 1. The number of thiophene rings is 1. The number of hydrogen-bond acceptors (Lipinski definition) is 7. The highest BCUT2D eigenvalue weighted by atomic mass is 35.5. The Balaban J connectivity index is 0.00000380. The summed E-state index contributed by atoms with van der Waals surface area (Å²) in [5, 5.41) is 6.06. The molecule has 3 heterocycles. The number of aromatic nitrogens is 1. The smallest absolute Gasteiger partial charge is 0.280 e. The van der Waals surface area contributed by atoms with Crippen molar-refractivity contribution in [3.8, 4) is 0 Å². The van der Waals surface area contributed by atoms with Crippen LogP contribution in [0.25, 0.3) is 6.08 Å². The van der Waals surface area contributed by atoms with Crippen molar-refractivity contribution in [2.75, 3.05) is 27.7 Å². The van der Waals surface area contributed by atoms with Crippen molar-refractivity contribution in [2.24, 2.45) is 5.92 Å². The minimum absolute atomic E-state index is 0. The third-order valence-electron chi connectivity index (χ3n) is 6.47. The van der Waals surface area contributed by atoms with Gasteiger partial charge in [-0.3, -0.25) is 14.4 Å². The summed E-state index contributed by atoms with van der Waals surface area (Å²) in [6, 6.07) is 2.19. The Morgan fingerprint density at radius 3 is 2.62 bits per heavy atom. The maximum absolute atomic E-state index is 14.6. The lowest BCUT2D eigenvalue weighted by molar-refractivity contribution is -0.134. The molecule has 2 aromatic heterocycles. The Kier molecular flexibility index (Phi) is 10.1. The normalized spacial score (nSPS) is 22.0. The molecule has 1 aliphatic carbocycles. The predicted octanol–water partition coefficient (Wildman–Crippen LogP) is 3.75. The lowest BCUT2D eigenvalue weighted by Gasteiger charge is -2.37. The number of fused-ring (bicyclic) bond motifs is 1. The van der Waals surface area contributed by atoms with Gasteiger partial charge in [0.15, 0.2) is 10.8 Å². The van der Waals surface area contributed by atoms with Crippen molar-refractivity contribution in [1.82, 2.24) is 25.4 Å². The quantitative estimate of drug-likeness (QED) is 0.500. The highest BCUT2D eigenvalue weighted by Gasteiger charge is 2.37. The summed E-state index contributed by atoms with van der Waals surface area (Å²) in [7, 11) is 5.41. The molecule has 3 atom stereocenters. The Bertz CT molecular complexity index is 1190. The van der Waals surface area contributed by atoms with Gasteiger partial charge >= 0.3 is 0 Å². The summed E-state index contributed by atoms with van der Waals surface area (Å²) in [5.41, 5.74) is 0.943. The number of nitrogens with zero attached hydrogens (tertiary/aromatic N) is 3. The van der Waals surface area contributed by atoms with Gasteiger partial charge < -0.3 is 20.4 Å². The molecular weight excluding hydrogens is 560 g/mol. The molecule has 4 rings (SSSR count). The minimum Gasteiger partial charge on any atom is -0.349 e. The largest absolute Gasteiger partial charge is 0.349 e. The highest BCUT2D eigenvalue weighted by molar-refractivity contribution is 7.17. The summed E-state index contributed by atoms with van der Waals surface area (Å²) in [5.74, 6) is -2.49. The molecule has 2 aromatic rings. The van der Waals surface area contributed by atoms with Crippen LogP contribution in [0.5, 0.6) is 0 Å². The average Bonchev–Trinajstić information content (AvgIpc) is 3.44. The van der Waals surface area contributed by atoms with Gasteiger partial charge in [-0.05, 0) is 44.5 Å². The van der Waals surface area contributed by atoms with E-state index in [-0.39, 0.29) is 30.1 Å². The van der Waals surface area contributed by atoms with Crippen molar-refractivity contribution in [2.45, 2.75) is 44.3 Å². The van der Waals surface area contributed by atoms with Crippen LogP contribution in [0.4, 0.5) is 4.39 Å². The van der Waals surface area contributed by atoms with Crippen LogP contribution in [0.3, 0.4) is 0 Å². The molecule has 0 bridgehead atoms. The summed E-state index contributed by atoms with van der Waals surface area (Å²) in [6.45, 7) is 1.64. The molecular formula is C24H30Cl2FN5O3S2. The maximum Gasteiger partial charge on any atom is 0.280 e. The lowest BCUT2D eigenvalue weighted by atomic mass is 9.81. The van der Waals surface area contributed by atoms with E-state index in [0.717, 1.165) is 47.5 Å². The first kappa shape index (κ1) is 29.5. The van der Waals surface area contributed by atoms with Crippen LogP contribution in [0.1, 0.15) is 44.5 Å². The molecule has 13 heteroatoms. The lowest BCUT2D eigenvalue weighted by Crippen LogP contribution is -2.56. The van der Waals surface area contributed by atoms with Gasteiger partial charge in [0, 0.05) is 55.3 Å². The minimum atomic E-state index is -0.943. The standard InChI is InChI=1S/C24H29ClFN5O3S2.ClH/c1-30(2)24(34)13-4-6-16(27-21(32)15(26)11-14-5-7-20(25)35-14)18(10-13)28-22(33)23-29-17-8-9-31(3)12-19(17)36-23;/h5,7,11,13,16,18H,4,6,8-10,12H2,1-3H3,(H,27,32)(H,28,33);1H/b15-11+;/t13-,16-,18+;/m0./s1. The first-order valence-electron chi connectivity index (χ1n) is 11.7. The fraction of sp³-hybridized carbons (Fsp3) is 0.500. The topological polar surface area (TPSA) is 94.6 Å². The molecule has 0 unspecified atom stereocenters. The van der Waals surface area contributed by atoms with Crippen LogP contribution in [0, 0.1) is 5.92 Å². The molecule has 2 aliphatic rings. The van der Waals surface area contributed by atoms with Crippen LogP contribution >= 0.6 is 46.7 Å². The second-order valence-electron chi connectivity index (χ2n) is 9.41. The molecule has 0 aromatic carbocycles. The van der Waals surface area contributed by atoms with Crippen LogP contribution in [0.2, 0.25) is 4.34 Å². The van der Waals surface area contributed by atoms with E-state index in [0.29, 0.717) is 33.5 Å². The number of carbonyl (C=O) groups excluding carboxylic acids is 3. The number of likely N-dealkylation sites (N-methyl/N-ethyl adjacent to an activating group) is 1. The maximum atomic E-state index is 14.6. The molecule has 0 spiro atoms. The fourth-order valence-electron chi connectivity index (χ4n) is 4.58. The van der Waals surface area contributed by atoms with E-state index >= 15 is 0 Å². The second kappa shape index (κ2) is 12.7. The van der Waals surface area contributed by atoms with E-state index < -0.39 is 23.8 Å². The average molecular weight is 591 g/mol. The Morgan fingerprint density at radius 1 is 1.19 bits per heavy atom. The molecule has 8 nitrogen and oxygen atoms in total. The van der Waals surface area contributed by atoms with E-state index in [9.17, 15) is 18.8 Å². The fourth-order valence-corrected chi connectivity index (χ4v) is 6.66. The number of amides is 3. The Labute approximate surface area is 234 Å². The zero-order chi connectivity index (χ0) is 26.0. The van der Waals surface area contributed by atoms with Crippen molar-refractivity contribution < 1.29 is 18.8 Å². The molecule has 0 saturated heterocycles. The van der Waals surface area contributed by atoms with Crippen LogP contribution in [-0.2, 0) is 22.6 Å². The van der Waals surface area contributed by atoms with Gasteiger partial charge in [0.2, 0.25) is 5.91 Å². The number of halogens is 3. The molecule has 1 aliphatic heterocycles. The van der Waals surface area contributed by atoms with Crippen molar-refractivity contribution in [3.63, 3.8) is 0 Å². The first-order chi connectivity index (χ1) is 17.1. The molecule has 2 N–H and O–H groups in total. The summed E-state index contributed by atoms with van der Waals surface area (Å²) in [4.78, 5) is 48.3. The van der Waals surface area contributed by atoms with E-state index in [2.05, 4.69) is 20.5 Å². The zero-order valence-electron chi connectivity index (χ0n) is 20.8. The molecule has 202 valence electrons. The van der Waals surface area contributed by atoms with Crippen LogP contribution in [-0.4, -0.2) is 72.3 Å². The Morgan fingerprint density at radius 2 is 1.95 bits per heavy atom. The first-order valence-corrected chi connectivity index (χ1v) is 13.7. The van der Waals surface area contributed by atoms with Crippen molar-refractivity contribution in [3.05, 3.63) is 42.8 Å². The summed E-state index contributed by atoms with van der Waals surface area (Å²) < 4.78 is 15.1. The van der Waals surface area contributed by atoms with E-state index in [1.807, 2.05) is 7.05 Å². The Hall–Kier alpha value is -2.05. The van der Waals surface area contributed by atoms with E-state index in [1.165, 1.54) is 16.2 Å². The third kappa shape index (κ3) is 7.29. The third-order valence-corrected chi connectivity index (χ3v) is 8.73. The van der Waals surface area contributed by atoms with Crippen LogP contribution in [0.15, 0.2) is 18.0 Å². The number of nitrogens with one attached hydrogen (secondary N) is 2. The van der Waals surface area contributed by atoms with Gasteiger partial charge in [-0.25, -0.2) is 9.37 Å². The predicted molar refractivity (Wildman–Crippen MR) is 147 cm³/mol. The molecule has 1 fully saturated rings. The summed E-state index contributed by atoms with van der Waals surface area (Å²) in [6.07, 6.45) is 3.22. The molecule has 37 heavy (non-hydrogen) atoms. The molecule has 0 radical (unpaired) electrons.